The van der Waals surface area contributed by atoms with Gasteiger partial charge in [-0.3, -0.25) is 9.78 Å². The zero-order valence-corrected chi connectivity index (χ0v) is 18.0. The summed E-state index contributed by atoms with van der Waals surface area (Å²) >= 11 is 0. The molecule has 0 bridgehead atoms. The largest absolute Gasteiger partial charge is 0.462 e. The van der Waals surface area contributed by atoms with Gasteiger partial charge >= 0.3 is 5.97 Å². The molecule has 1 heterocycles. The summed E-state index contributed by atoms with van der Waals surface area (Å²) in [6.07, 6.45) is 17.1. The zero-order chi connectivity index (χ0) is 20.2. The predicted molar refractivity (Wildman–Crippen MR) is 115 cm³/mol. The molecule has 0 spiro atoms. The minimum atomic E-state index is -0.137. The van der Waals surface area contributed by atoms with E-state index in [2.05, 4.69) is 43.1 Å². The molecule has 3 nitrogen and oxygen atoms in total. The van der Waals surface area contributed by atoms with E-state index >= 15 is 0 Å². The molecule has 0 aliphatic heterocycles. The first-order valence-electron chi connectivity index (χ1n) is 11.4. The fraction of sp³-hybridized carbons (Fsp3) is 0.615. The van der Waals surface area contributed by atoms with Crippen LogP contribution in [0.15, 0.2) is 42.3 Å². The molecule has 0 saturated heterocycles. The average molecular weight is 392 g/mol. The summed E-state index contributed by atoms with van der Waals surface area (Å²) in [6.45, 7) is 6.56. The van der Waals surface area contributed by atoms with Crippen molar-refractivity contribution in [1.82, 2.24) is 4.98 Å². The Morgan fingerprint density at radius 1 is 1.03 bits per heavy atom. The van der Waals surface area contributed by atoms with Crippen LogP contribution < -0.4 is 0 Å². The Hall–Kier alpha value is -1.90. The first-order chi connectivity index (χ1) is 13.9. The monoisotopic (exact) mass is 391 g/mol. The number of nitrogens with zero attached hydrogens (tertiary/aromatic N) is 1. The van der Waals surface area contributed by atoms with Gasteiger partial charge < -0.3 is 4.74 Å². The fourth-order valence-corrected chi connectivity index (χ4v) is 7.51. The van der Waals surface area contributed by atoms with E-state index in [-0.39, 0.29) is 12.1 Å². The molecule has 3 heteroatoms. The molecular weight excluding hydrogens is 358 g/mol. The van der Waals surface area contributed by atoms with E-state index in [9.17, 15) is 4.79 Å². The quantitative estimate of drug-likeness (QED) is 0.460. The first kappa shape index (κ1) is 19.1. The van der Waals surface area contributed by atoms with Crippen LogP contribution in [0.25, 0.3) is 5.57 Å². The summed E-state index contributed by atoms with van der Waals surface area (Å²) < 4.78 is 5.58. The van der Waals surface area contributed by atoms with Crippen LogP contribution in [-0.4, -0.2) is 17.1 Å². The third kappa shape index (κ3) is 2.92. The summed E-state index contributed by atoms with van der Waals surface area (Å²) in [5, 5.41) is 0. The number of aromatic nitrogens is 1. The van der Waals surface area contributed by atoms with Crippen LogP contribution in [0.3, 0.4) is 0 Å². The van der Waals surface area contributed by atoms with Gasteiger partial charge in [0.15, 0.2) is 0 Å². The molecule has 1 aromatic heterocycles. The van der Waals surface area contributed by atoms with Gasteiger partial charge in [0, 0.05) is 25.7 Å². The Kier molecular flexibility index (Phi) is 4.49. The summed E-state index contributed by atoms with van der Waals surface area (Å²) in [4.78, 5) is 15.7. The summed E-state index contributed by atoms with van der Waals surface area (Å²) in [5.41, 5.74) is 5.07. The number of hydrogen-bond acceptors (Lipinski definition) is 3. The maximum atomic E-state index is 11.4. The van der Waals surface area contributed by atoms with Crippen molar-refractivity contribution in [1.29, 1.82) is 0 Å². The third-order valence-electron chi connectivity index (χ3n) is 8.96. The molecule has 1 aromatic rings. The van der Waals surface area contributed by atoms with Gasteiger partial charge in [-0.25, -0.2) is 0 Å². The van der Waals surface area contributed by atoms with E-state index in [0.29, 0.717) is 10.8 Å². The van der Waals surface area contributed by atoms with Crippen molar-refractivity contribution in [3.63, 3.8) is 0 Å². The van der Waals surface area contributed by atoms with Crippen LogP contribution in [-0.2, 0) is 9.53 Å². The molecule has 0 radical (unpaired) electrons. The molecule has 2 fully saturated rings. The summed E-state index contributed by atoms with van der Waals surface area (Å²) in [6, 6.07) is 4.37. The second-order valence-electron chi connectivity index (χ2n) is 10.3. The van der Waals surface area contributed by atoms with Gasteiger partial charge in [-0.2, -0.15) is 0 Å². The Morgan fingerprint density at radius 3 is 2.55 bits per heavy atom. The number of pyridine rings is 1. The van der Waals surface area contributed by atoms with Crippen LogP contribution >= 0.6 is 0 Å². The first-order valence-corrected chi connectivity index (χ1v) is 11.4. The Morgan fingerprint density at radius 2 is 1.79 bits per heavy atom. The molecule has 154 valence electrons. The van der Waals surface area contributed by atoms with Gasteiger partial charge in [-0.15, -0.1) is 0 Å². The number of rotatable bonds is 2. The van der Waals surface area contributed by atoms with Crippen LogP contribution in [0.1, 0.15) is 71.3 Å². The highest BCUT2D eigenvalue weighted by Crippen LogP contribution is 2.66. The van der Waals surface area contributed by atoms with Crippen molar-refractivity contribution in [2.45, 2.75) is 71.8 Å². The number of fused-ring (bicyclic) bond motifs is 5. The Balaban J connectivity index is 1.41. The molecule has 5 rings (SSSR count). The van der Waals surface area contributed by atoms with E-state index in [4.69, 9.17) is 4.74 Å². The number of allylic oxidation sites excluding steroid dienone is 3. The fourth-order valence-electron chi connectivity index (χ4n) is 7.51. The standard InChI is InChI=1S/C26H33NO2/c1-17(28)29-20-8-12-25(2)19(16-20)4-5-21-23-7-6-22(18-10-14-27-15-11-18)26(23,3)13-9-24(21)25/h4,6,10-11,14-15,20-21,23-24H,5,7-9,12-13,16H2,1-3H3. The van der Waals surface area contributed by atoms with Crippen molar-refractivity contribution in [3.05, 3.63) is 47.8 Å². The molecule has 6 unspecified atom stereocenters. The lowest BCUT2D eigenvalue weighted by Crippen LogP contribution is -2.50. The second kappa shape index (κ2) is 6.82. The minimum absolute atomic E-state index is 0.0867. The van der Waals surface area contributed by atoms with E-state index in [1.54, 1.807) is 11.1 Å². The van der Waals surface area contributed by atoms with Crippen LogP contribution in [0.4, 0.5) is 0 Å². The highest BCUT2D eigenvalue weighted by molar-refractivity contribution is 5.72. The number of ether oxygens (including phenoxy) is 1. The Bertz CT molecular complexity index is 872. The molecule has 4 aliphatic carbocycles. The van der Waals surface area contributed by atoms with Crippen LogP contribution in [0.5, 0.6) is 0 Å². The lowest BCUT2D eigenvalue weighted by molar-refractivity contribution is -0.148. The highest BCUT2D eigenvalue weighted by atomic mass is 16.5. The molecule has 0 N–H and O–H groups in total. The third-order valence-corrected chi connectivity index (χ3v) is 8.96. The normalized spacial score (nSPS) is 40.8. The van der Waals surface area contributed by atoms with Gasteiger partial charge in [-0.05, 0) is 90.4 Å². The molecule has 29 heavy (non-hydrogen) atoms. The smallest absolute Gasteiger partial charge is 0.302 e. The van der Waals surface area contributed by atoms with Gasteiger partial charge in [-0.1, -0.05) is 31.6 Å². The highest BCUT2D eigenvalue weighted by Gasteiger charge is 2.56. The lowest BCUT2D eigenvalue weighted by atomic mass is 9.47. The van der Waals surface area contributed by atoms with Gasteiger partial charge in [0.05, 0.1) is 0 Å². The minimum Gasteiger partial charge on any atom is -0.462 e. The topological polar surface area (TPSA) is 39.2 Å². The summed E-state index contributed by atoms with van der Waals surface area (Å²) in [7, 11) is 0. The van der Waals surface area contributed by atoms with Crippen LogP contribution in [0.2, 0.25) is 0 Å². The van der Waals surface area contributed by atoms with Crippen molar-refractivity contribution in [3.8, 4) is 0 Å². The van der Waals surface area contributed by atoms with Crippen molar-refractivity contribution >= 4 is 11.5 Å². The predicted octanol–water partition coefficient (Wildman–Crippen LogP) is 5.97. The number of esters is 1. The molecule has 4 aliphatic rings. The molecule has 0 amide bonds. The average Bonchev–Trinajstić information content (AvgIpc) is 3.06. The Labute approximate surface area is 174 Å². The van der Waals surface area contributed by atoms with Gasteiger partial charge in [0.2, 0.25) is 0 Å². The zero-order valence-electron chi connectivity index (χ0n) is 18.0. The maximum Gasteiger partial charge on any atom is 0.302 e. The number of carbonyl (C=O) groups excluding carboxylic acids is 1. The van der Waals surface area contributed by atoms with Gasteiger partial charge in [0.1, 0.15) is 6.10 Å². The van der Waals surface area contributed by atoms with E-state index < -0.39 is 0 Å². The van der Waals surface area contributed by atoms with E-state index in [0.717, 1.165) is 37.0 Å². The van der Waals surface area contributed by atoms with Crippen LogP contribution in [0, 0.1) is 28.6 Å². The molecule has 6 atom stereocenters. The molecular formula is C26H33NO2. The number of hydrogen-bond donors (Lipinski definition) is 0. The van der Waals surface area contributed by atoms with E-state index in [1.807, 2.05) is 12.4 Å². The molecule has 2 saturated carbocycles. The van der Waals surface area contributed by atoms with Crippen molar-refractivity contribution in [2.24, 2.45) is 28.6 Å². The van der Waals surface area contributed by atoms with Crippen molar-refractivity contribution in [2.75, 3.05) is 0 Å². The number of carbonyl (C=O) groups is 1. The summed E-state index contributed by atoms with van der Waals surface area (Å²) in [5.74, 6) is 2.14. The lowest BCUT2D eigenvalue weighted by Gasteiger charge is -2.57. The molecule has 0 aromatic carbocycles. The maximum absolute atomic E-state index is 11.4. The van der Waals surface area contributed by atoms with Crippen molar-refractivity contribution < 1.29 is 9.53 Å². The second-order valence-corrected chi connectivity index (χ2v) is 10.3. The van der Waals surface area contributed by atoms with E-state index in [1.165, 1.54) is 38.2 Å². The SMILES string of the molecule is CC(=O)OC1CCC2(C)C(=CCC3C2CCC2(C)C(c4ccncc4)=CCC32)C1. The van der Waals surface area contributed by atoms with Gasteiger partial charge in [0.25, 0.3) is 0 Å².